The molecule has 0 saturated carbocycles. The van der Waals surface area contributed by atoms with Crippen molar-refractivity contribution in [1.82, 2.24) is 4.90 Å². The fourth-order valence-electron chi connectivity index (χ4n) is 4.41. The number of ether oxygens (including phenoxy) is 4. The molecule has 2 saturated heterocycles. The quantitative estimate of drug-likeness (QED) is 0.342. The highest BCUT2D eigenvalue weighted by Crippen LogP contribution is 2.36. The molecule has 38 heavy (non-hydrogen) atoms. The van der Waals surface area contributed by atoms with Gasteiger partial charge < -0.3 is 18.9 Å². The van der Waals surface area contributed by atoms with Crippen LogP contribution in [-0.2, 0) is 33.3 Å². The highest BCUT2D eigenvalue weighted by molar-refractivity contribution is 5.94. The largest absolute Gasteiger partial charge is 0.455 e. The van der Waals surface area contributed by atoms with E-state index in [1.54, 1.807) is 41.5 Å². The van der Waals surface area contributed by atoms with Crippen molar-refractivity contribution in [2.45, 2.75) is 105 Å². The monoisotopic (exact) mass is 531 g/mol. The van der Waals surface area contributed by atoms with Crippen LogP contribution in [0.15, 0.2) is 30.3 Å². The zero-order chi connectivity index (χ0) is 28.3. The maximum Gasteiger partial charge on any atom is 0.419 e. The van der Waals surface area contributed by atoms with Crippen molar-refractivity contribution in [1.29, 1.82) is 0 Å². The smallest absolute Gasteiger partial charge is 0.419 e. The van der Waals surface area contributed by atoms with Crippen LogP contribution >= 0.6 is 0 Å². The fraction of sp³-hybridized carbons (Fsp3) is 0.655. The van der Waals surface area contributed by atoms with Crippen LogP contribution in [0.5, 0.6) is 0 Å². The molecule has 2 amide bonds. The van der Waals surface area contributed by atoms with E-state index < -0.39 is 59.3 Å². The zero-order valence-corrected chi connectivity index (χ0v) is 23.5. The average molecular weight is 532 g/mol. The lowest BCUT2D eigenvalue weighted by atomic mass is 9.89. The van der Waals surface area contributed by atoms with Gasteiger partial charge in [0.05, 0.1) is 17.4 Å². The van der Waals surface area contributed by atoms with E-state index in [4.69, 9.17) is 18.9 Å². The van der Waals surface area contributed by atoms with Crippen LogP contribution in [0.1, 0.15) is 85.6 Å². The number of unbranched alkanes of at least 4 members (excludes halogenated alkanes) is 1. The van der Waals surface area contributed by atoms with Crippen molar-refractivity contribution in [3.05, 3.63) is 35.9 Å². The van der Waals surface area contributed by atoms with Gasteiger partial charge in [0.25, 0.3) is 0 Å². The minimum atomic E-state index is -1.15. The van der Waals surface area contributed by atoms with E-state index in [9.17, 15) is 19.2 Å². The van der Waals surface area contributed by atoms with Gasteiger partial charge >= 0.3 is 18.0 Å². The first-order valence-electron chi connectivity index (χ1n) is 13.4. The molecule has 0 N–H and O–H groups in total. The molecule has 5 atom stereocenters. The van der Waals surface area contributed by atoms with Crippen LogP contribution in [0.25, 0.3) is 0 Å². The molecule has 0 unspecified atom stereocenters. The third-order valence-electron chi connectivity index (χ3n) is 6.71. The number of fused-ring (bicyclic) bond motifs is 1. The molecule has 2 fully saturated rings. The summed E-state index contributed by atoms with van der Waals surface area (Å²) in [4.78, 5) is 53.4. The molecule has 1 aromatic rings. The second-order valence-electron chi connectivity index (χ2n) is 12.1. The number of carbonyl (C=O) groups excluding carboxylic acids is 4. The molecule has 0 radical (unpaired) electrons. The van der Waals surface area contributed by atoms with Gasteiger partial charge in [0, 0.05) is 6.42 Å². The molecule has 2 heterocycles. The van der Waals surface area contributed by atoms with Gasteiger partial charge in [-0.3, -0.25) is 14.4 Å². The van der Waals surface area contributed by atoms with Crippen LogP contribution in [0, 0.1) is 10.8 Å². The first-order chi connectivity index (χ1) is 17.7. The first kappa shape index (κ1) is 29.6. The number of rotatable bonds is 8. The third kappa shape index (κ3) is 6.92. The van der Waals surface area contributed by atoms with E-state index in [0.29, 0.717) is 0 Å². The second kappa shape index (κ2) is 11.8. The summed E-state index contributed by atoms with van der Waals surface area (Å²) in [5.41, 5.74) is -0.691. The van der Waals surface area contributed by atoms with Crippen molar-refractivity contribution >= 4 is 23.9 Å². The number of esters is 2. The number of benzene rings is 1. The number of amides is 2. The third-order valence-corrected chi connectivity index (χ3v) is 6.71. The Hall–Kier alpha value is -2.94. The van der Waals surface area contributed by atoms with Crippen LogP contribution in [0.4, 0.5) is 4.79 Å². The molecule has 0 spiro atoms. The van der Waals surface area contributed by atoms with Gasteiger partial charge in [-0.1, -0.05) is 50.1 Å². The van der Waals surface area contributed by atoms with Gasteiger partial charge in [0.2, 0.25) is 12.2 Å². The summed E-state index contributed by atoms with van der Waals surface area (Å²) in [6, 6.07) is 8.61. The van der Waals surface area contributed by atoms with E-state index in [2.05, 4.69) is 6.92 Å². The first-order valence-corrected chi connectivity index (χ1v) is 13.4. The summed E-state index contributed by atoms with van der Waals surface area (Å²) in [6.45, 7) is 12.1. The van der Waals surface area contributed by atoms with Gasteiger partial charge in [-0.25, -0.2) is 9.69 Å². The summed E-state index contributed by atoms with van der Waals surface area (Å²) >= 11 is 0. The number of imide groups is 1. The number of nitrogens with zero attached hydrogens (tertiary/aromatic N) is 1. The molecule has 2 aliphatic rings. The zero-order valence-electron chi connectivity index (χ0n) is 23.5. The van der Waals surface area contributed by atoms with Gasteiger partial charge in [-0.05, 0) is 59.4 Å². The lowest BCUT2D eigenvalue weighted by molar-refractivity contribution is -0.227. The normalized spacial score (nSPS) is 24.3. The highest BCUT2D eigenvalue weighted by Gasteiger charge is 2.58. The Morgan fingerprint density at radius 2 is 1.61 bits per heavy atom. The number of hydrogen-bond donors (Lipinski definition) is 0. The van der Waals surface area contributed by atoms with Crippen molar-refractivity contribution in [2.24, 2.45) is 10.8 Å². The van der Waals surface area contributed by atoms with E-state index in [0.717, 1.165) is 29.7 Å². The molecule has 0 aromatic heterocycles. The van der Waals surface area contributed by atoms with Crippen molar-refractivity contribution in [3.8, 4) is 0 Å². The lowest BCUT2D eigenvalue weighted by Gasteiger charge is -2.40. The summed E-state index contributed by atoms with van der Waals surface area (Å²) in [7, 11) is 0. The number of carbonyl (C=O) groups is 4. The Morgan fingerprint density at radius 1 is 1.00 bits per heavy atom. The summed E-state index contributed by atoms with van der Waals surface area (Å²) in [5, 5.41) is 0. The minimum absolute atomic E-state index is 0.0642. The van der Waals surface area contributed by atoms with Crippen LogP contribution < -0.4 is 0 Å². The van der Waals surface area contributed by atoms with Crippen LogP contribution in [0.3, 0.4) is 0 Å². The Kier molecular flexibility index (Phi) is 9.23. The Bertz CT molecular complexity index is 1010. The Morgan fingerprint density at radius 3 is 2.18 bits per heavy atom. The summed E-state index contributed by atoms with van der Waals surface area (Å²) < 4.78 is 22.7. The van der Waals surface area contributed by atoms with Crippen LogP contribution in [-0.4, -0.2) is 60.0 Å². The molecule has 9 heteroatoms. The molecule has 1 aromatic carbocycles. The van der Waals surface area contributed by atoms with Gasteiger partial charge in [-0.15, -0.1) is 0 Å². The van der Waals surface area contributed by atoms with E-state index in [1.165, 1.54) is 0 Å². The second-order valence-corrected chi connectivity index (χ2v) is 12.1. The summed E-state index contributed by atoms with van der Waals surface area (Å²) in [5.74, 6) is -1.65. The number of hydrogen-bond acceptors (Lipinski definition) is 8. The van der Waals surface area contributed by atoms with Crippen molar-refractivity contribution in [2.75, 3.05) is 6.61 Å². The molecule has 0 bridgehead atoms. The van der Waals surface area contributed by atoms with E-state index in [1.807, 2.05) is 30.3 Å². The molecular formula is C29H41NO8. The van der Waals surface area contributed by atoms with Gasteiger partial charge in [0.15, 0.2) is 12.2 Å². The van der Waals surface area contributed by atoms with Gasteiger partial charge in [-0.2, -0.15) is 0 Å². The standard InChI is InChI=1S/C29H41NO8/c1-8-9-13-19(18-14-11-10-12-15-18)16-21(31)30-22-23(37-26(33)29(5,6)7)20(36-25(32)28(2,3)4)17-35-24(22)38-27(30)34/h10-12,14-15,19-20,22-24H,8-9,13,16-17H2,1-7H3/t19-,20+,22-,23+,24-/m0/s1. The fourth-order valence-corrected chi connectivity index (χ4v) is 4.41. The molecular weight excluding hydrogens is 490 g/mol. The average Bonchev–Trinajstić information content (AvgIpc) is 3.18. The molecule has 210 valence electrons. The molecule has 2 aliphatic heterocycles. The van der Waals surface area contributed by atoms with E-state index >= 15 is 0 Å². The van der Waals surface area contributed by atoms with Gasteiger partial charge in [0.1, 0.15) is 6.04 Å². The molecule has 3 rings (SSSR count). The van der Waals surface area contributed by atoms with E-state index in [-0.39, 0.29) is 18.9 Å². The Labute approximate surface area is 225 Å². The predicted molar refractivity (Wildman–Crippen MR) is 139 cm³/mol. The van der Waals surface area contributed by atoms with Crippen LogP contribution in [0.2, 0.25) is 0 Å². The summed E-state index contributed by atoms with van der Waals surface area (Å²) in [6.07, 6.45) is -1.46. The molecule has 0 aliphatic carbocycles. The van der Waals surface area contributed by atoms with Crippen molar-refractivity contribution in [3.63, 3.8) is 0 Å². The maximum atomic E-state index is 13.7. The Balaban J connectivity index is 1.92. The highest BCUT2D eigenvalue weighted by atomic mass is 16.7. The minimum Gasteiger partial charge on any atom is -0.455 e. The topological polar surface area (TPSA) is 108 Å². The SMILES string of the molecule is CCCC[C@@H](CC(=O)N1C(=O)O[C@@H]2OC[C@@H](OC(=O)C(C)(C)C)[C@@H](OC(=O)C(C)(C)C)[C@@H]21)c1ccccc1. The molecule has 9 nitrogen and oxygen atoms in total. The predicted octanol–water partition coefficient (Wildman–Crippen LogP) is 4.97. The maximum absolute atomic E-state index is 13.7. The van der Waals surface area contributed by atoms with Crippen molar-refractivity contribution < 1.29 is 38.1 Å². The lowest BCUT2D eigenvalue weighted by Crippen LogP contribution is -2.61.